The molecule has 2 aromatic carbocycles. The van der Waals surface area contributed by atoms with Crippen LogP contribution in [0.3, 0.4) is 0 Å². The van der Waals surface area contributed by atoms with Gasteiger partial charge in [0.15, 0.2) is 5.69 Å². The van der Waals surface area contributed by atoms with E-state index >= 15 is 0 Å². The van der Waals surface area contributed by atoms with E-state index in [1.807, 2.05) is 24.3 Å². The van der Waals surface area contributed by atoms with E-state index in [-0.39, 0.29) is 42.6 Å². The summed E-state index contributed by atoms with van der Waals surface area (Å²) < 4.78 is 5.57. The number of thiazole rings is 1. The standard InChI is InChI=1S/C26H25N3O5S/c1-14-23(25(31)32)29-22(35-14)12-27-24(30)15-10-16(11-15)28-26(33)34-13-21-19-8-4-2-6-17(19)18-7-3-5-9-20(18)21/h2-9,15-16,21H,10-13H2,1H3,(H,27,30)(H,28,33)(H,31,32). The Kier molecular flexibility index (Phi) is 6.25. The van der Waals surface area contributed by atoms with Gasteiger partial charge in [0.05, 0.1) is 6.54 Å². The second-order valence-corrected chi connectivity index (χ2v) is 10.2. The van der Waals surface area contributed by atoms with Crippen molar-refractivity contribution in [1.82, 2.24) is 15.6 Å². The van der Waals surface area contributed by atoms with Crippen LogP contribution in [0.2, 0.25) is 0 Å². The van der Waals surface area contributed by atoms with Gasteiger partial charge in [0, 0.05) is 22.8 Å². The van der Waals surface area contributed by atoms with Gasteiger partial charge in [-0.3, -0.25) is 4.79 Å². The lowest BCUT2D eigenvalue weighted by Crippen LogP contribution is -2.49. The molecule has 0 unspecified atom stereocenters. The first-order valence-corrected chi connectivity index (χ1v) is 12.3. The van der Waals surface area contributed by atoms with Crippen LogP contribution in [-0.4, -0.2) is 40.7 Å². The molecule has 35 heavy (non-hydrogen) atoms. The number of ether oxygens (including phenoxy) is 1. The summed E-state index contributed by atoms with van der Waals surface area (Å²) in [5.74, 6) is -1.39. The van der Waals surface area contributed by atoms with Crippen molar-refractivity contribution in [2.24, 2.45) is 5.92 Å². The zero-order valence-corrected chi connectivity index (χ0v) is 19.9. The molecule has 5 rings (SSSR count). The monoisotopic (exact) mass is 491 g/mol. The second-order valence-electron chi connectivity index (χ2n) is 8.87. The third-order valence-corrected chi connectivity index (χ3v) is 7.60. The number of nitrogens with one attached hydrogen (secondary N) is 2. The average Bonchev–Trinajstić information content (AvgIpc) is 3.36. The number of hydrogen-bond donors (Lipinski definition) is 3. The largest absolute Gasteiger partial charge is 0.476 e. The van der Waals surface area contributed by atoms with Gasteiger partial charge in [-0.2, -0.15) is 0 Å². The first-order valence-electron chi connectivity index (χ1n) is 11.5. The predicted molar refractivity (Wildman–Crippen MR) is 130 cm³/mol. The Morgan fingerprint density at radius 3 is 2.29 bits per heavy atom. The normalized spacial score (nSPS) is 18.2. The third-order valence-electron chi connectivity index (χ3n) is 6.63. The van der Waals surface area contributed by atoms with E-state index in [9.17, 15) is 14.4 Å². The fourth-order valence-electron chi connectivity index (χ4n) is 4.79. The van der Waals surface area contributed by atoms with Crippen molar-refractivity contribution in [2.75, 3.05) is 6.61 Å². The smallest absolute Gasteiger partial charge is 0.407 e. The number of hydrogen-bond acceptors (Lipinski definition) is 6. The van der Waals surface area contributed by atoms with Crippen LogP contribution in [0.5, 0.6) is 0 Å². The minimum absolute atomic E-state index is 0.00390. The molecule has 2 amide bonds. The topological polar surface area (TPSA) is 118 Å². The van der Waals surface area contributed by atoms with Gasteiger partial charge in [0.2, 0.25) is 5.91 Å². The molecular weight excluding hydrogens is 466 g/mol. The van der Waals surface area contributed by atoms with Crippen LogP contribution >= 0.6 is 11.3 Å². The number of carboxylic acids is 1. The molecule has 0 saturated heterocycles. The van der Waals surface area contributed by atoms with Crippen LogP contribution in [0.1, 0.15) is 50.3 Å². The maximum Gasteiger partial charge on any atom is 0.407 e. The summed E-state index contributed by atoms with van der Waals surface area (Å²) in [6, 6.07) is 16.2. The zero-order chi connectivity index (χ0) is 24.5. The summed E-state index contributed by atoms with van der Waals surface area (Å²) in [6.07, 6.45) is 0.593. The molecule has 1 saturated carbocycles. The summed E-state index contributed by atoms with van der Waals surface area (Å²) in [5.41, 5.74) is 4.70. The quantitative estimate of drug-likeness (QED) is 0.458. The van der Waals surface area contributed by atoms with Gasteiger partial charge < -0.3 is 20.5 Å². The number of benzene rings is 2. The molecule has 0 radical (unpaired) electrons. The number of rotatable bonds is 7. The van der Waals surface area contributed by atoms with E-state index < -0.39 is 12.1 Å². The lowest BCUT2D eigenvalue weighted by molar-refractivity contribution is -0.128. The molecule has 3 N–H and O–H groups in total. The van der Waals surface area contributed by atoms with Crippen LogP contribution in [-0.2, 0) is 16.1 Å². The maximum absolute atomic E-state index is 12.4. The number of alkyl carbamates (subject to hydrolysis) is 1. The molecule has 1 aromatic heterocycles. The Bertz CT molecular complexity index is 1250. The Morgan fingerprint density at radius 2 is 1.69 bits per heavy atom. The fraction of sp³-hybridized carbons (Fsp3) is 0.308. The molecule has 1 fully saturated rings. The Morgan fingerprint density at radius 1 is 1.06 bits per heavy atom. The lowest BCUT2D eigenvalue weighted by Gasteiger charge is -2.34. The molecule has 2 aliphatic carbocycles. The molecule has 8 nitrogen and oxygen atoms in total. The van der Waals surface area contributed by atoms with Gasteiger partial charge in [-0.1, -0.05) is 48.5 Å². The van der Waals surface area contributed by atoms with Crippen molar-refractivity contribution >= 4 is 29.3 Å². The van der Waals surface area contributed by atoms with E-state index in [4.69, 9.17) is 9.84 Å². The molecule has 2 aliphatic rings. The Labute approximate surface area is 206 Å². The molecule has 9 heteroatoms. The predicted octanol–water partition coefficient (Wildman–Crippen LogP) is 4.08. The van der Waals surface area contributed by atoms with Crippen LogP contribution in [0.15, 0.2) is 48.5 Å². The molecule has 0 aliphatic heterocycles. The van der Waals surface area contributed by atoms with E-state index in [1.165, 1.54) is 22.5 Å². The van der Waals surface area contributed by atoms with Gasteiger partial charge in [-0.05, 0) is 42.0 Å². The molecule has 1 heterocycles. The molecule has 0 spiro atoms. The molecule has 0 bridgehead atoms. The first-order chi connectivity index (χ1) is 16.9. The SMILES string of the molecule is Cc1sc(CNC(=O)C2CC(NC(=O)OCC3c4ccccc4-c4ccccc43)C2)nc1C(=O)O. The van der Waals surface area contributed by atoms with Crippen molar-refractivity contribution in [1.29, 1.82) is 0 Å². The third kappa shape index (κ3) is 4.64. The number of carbonyl (C=O) groups excluding carboxylic acids is 2. The first kappa shape index (κ1) is 23.0. The van der Waals surface area contributed by atoms with Gasteiger partial charge in [0.1, 0.15) is 11.6 Å². The van der Waals surface area contributed by atoms with Crippen LogP contribution in [0, 0.1) is 12.8 Å². The van der Waals surface area contributed by atoms with E-state index in [2.05, 4.69) is 39.9 Å². The van der Waals surface area contributed by atoms with Crippen LogP contribution < -0.4 is 10.6 Å². The highest BCUT2D eigenvalue weighted by molar-refractivity contribution is 7.11. The number of nitrogens with zero attached hydrogens (tertiary/aromatic N) is 1. The van der Waals surface area contributed by atoms with Crippen molar-refractivity contribution in [3.63, 3.8) is 0 Å². The number of aromatic nitrogens is 1. The molecule has 0 atom stereocenters. The van der Waals surface area contributed by atoms with E-state index in [0.29, 0.717) is 22.7 Å². The van der Waals surface area contributed by atoms with E-state index in [0.717, 1.165) is 11.1 Å². The average molecular weight is 492 g/mol. The highest BCUT2D eigenvalue weighted by atomic mass is 32.1. The summed E-state index contributed by atoms with van der Waals surface area (Å²) in [7, 11) is 0. The summed E-state index contributed by atoms with van der Waals surface area (Å²) >= 11 is 1.26. The summed E-state index contributed by atoms with van der Waals surface area (Å²) in [5, 5.41) is 15.3. The van der Waals surface area contributed by atoms with Gasteiger partial charge in [0.25, 0.3) is 0 Å². The fourth-order valence-corrected chi connectivity index (χ4v) is 5.65. The van der Waals surface area contributed by atoms with Gasteiger partial charge in [-0.25, -0.2) is 14.6 Å². The Balaban J connectivity index is 1.07. The number of amides is 2. The molecule has 3 aromatic rings. The minimum Gasteiger partial charge on any atom is -0.476 e. The highest BCUT2D eigenvalue weighted by Crippen LogP contribution is 2.44. The minimum atomic E-state index is -1.07. The van der Waals surface area contributed by atoms with Crippen molar-refractivity contribution < 1.29 is 24.2 Å². The van der Waals surface area contributed by atoms with Crippen LogP contribution in [0.25, 0.3) is 11.1 Å². The lowest BCUT2D eigenvalue weighted by atomic mass is 9.79. The number of carbonyl (C=O) groups is 3. The number of fused-ring (bicyclic) bond motifs is 3. The molecular formula is C26H25N3O5S. The van der Waals surface area contributed by atoms with Crippen molar-refractivity contribution in [2.45, 2.75) is 38.3 Å². The number of carboxylic acid groups (broad SMARTS) is 1. The van der Waals surface area contributed by atoms with Crippen LogP contribution in [0.4, 0.5) is 4.79 Å². The van der Waals surface area contributed by atoms with Gasteiger partial charge in [-0.15, -0.1) is 11.3 Å². The number of aryl methyl sites for hydroxylation is 1. The molecule has 180 valence electrons. The Hall–Kier alpha value is -3.72. The summed E-state index contributed by atoms with van der Waals surface area (Å²) in [6.45, 7) is 2.14. The van der Waals surface area contributed by atoms with E-state index in [1.54, 1.807) is 6.92 Å². The van der Waals surface area contributed by atoms with Crippen molar-refractivity contribution in [3.8, 4) is 11.1 Å². The summed E-state index contributed by atoms with van der Waals surface area (Å²) in [4.78, 5) is 40.6. The number of aromatic carboxylic acids is 1. The van der Waals surface area contributed by atoms with Gasteiger partial charge >= 0.3 is 12.1 Å². The van der Waals surface area contributed by atoms with Crippen molar-refractivity contribution in [3.05, 3.63) is 75.2 Å². The highest BCUT2D eigenvalue weighted by Gasteiger charge is 2.36. The second kappa shape index (κ2) is 9.50. The maximum atomic E-state index is 12.4. The zero-order valence-electron chi connectivity index (χ0n) is 19.1.